The van der Waals surface area contributed by atoms with Crippen LogP contribution in [0.25, 0.3) is 0 Å². The number of urea groups is 1. The molecule has 22 heavy (non-hydrogen) atoms. The minimum Gasteiger partial charge on any atom is -0.394 e. The monoisotopic (exact) mass is 307 g/mol. The summed E-state index contributed by atoms with van der Waals surface area (Å²) in [6.07, 6.45) is 0. The van der Waals surface area contributed by atoms with Gasteiger partial charge in [0.25, 0.3) is 0 Å². The van der Waals surface area contributed by atoms with Gasteiger partial charge in [0, 0.05) is 18.8 Å². The minimum absolute atomic E-state index is 0.0994. The maximum atomic E-state index is 12.3. The highest BCUT2D eigenvalue weighted by Crippen LogP contribution is 2.19. The van der Waals surface area contributed by atoms with E-state index in [9.17, 15) is 19.8 Å². The molecule has 0 atom stereocenters. The summed E-state index contributed by atoms with van der Waals surface area (Å²) >= 11 is 0. The van der Waals surface area contributed by atoms with Crippen molar-refractivity contribution in [2.24, 2.45) is 0 Å². The van der Waals surface area contributed by atoms with Crippen molar-refractivity contribution in [2.75, 3.05) is 37.7 Å². The van der Waals surface area contributed by atoms with Crippen LogP contribution in [-0.2, 0) is 4.79 Å². The molecule has 0 spiro atoms. The smallest absolute Gasteiger partial charge is 0.325 e. The highest BCUT2D eigenvalue weighted by Gasteiger charge is 2.32. The molecule has 1 heterocycles. The van der Waals surface area contributed by atoms with Gasteiger partial charge in [0.1, 0.15) is 6.54 Å². The second-order valence-electron chi connectivity index (χ2n) is 5.62. The summed E-state index contributed by atoms with van der Waals surface area (Å²) in [6.45, 7) is 1.66. The number of anilines is 1. The molecular formula is C15H21N3O4. The Kier molecular flexibility index (Phi) is 4.99. The van der Waals surface area contributed by atoms with Crippen molar-refractivity contribution in [3.8, 4) is 0 Å². The van der Waals surface area contributed by atoms with Crippen molar-refractivity contribution in [3.05, 3.63) is 30.3 Å². The van der Waals surface area contributed by atoms with Crippen LogP contribution >= 0.6 is 0 Å². The average molecular weight is 307 g/mol. The number of aliphatic hydroxyl groups is 2. The van der Waals surface area contributed by atoms with Crippen molar-refractivity contribution in [1.82, 2.24) is 10.2 Å². The lowest BCUT2D eigenvalue weighted by Crippen LogP contribution is -2.54. The first-order chi connectivity index (χ1) is 10.5. The molecule has 3 N–H and O–H groups in total. The number of hydrogen-bond donors (Lipinski definition) is 3. The van der Waals surface area contributed by atoms with E-state index in [0.717, 1.165) is 5.69 Å². The topological polar surface area (TPSA) is 93.1 Å². The molecule has 1 saturated heterocycles. The Bertz CT molecular complexity index is 531. The molecule has 1 aromatic rings. The number of hydrogen-bond acceptors (Lipinski definition) is 4. The van der Waals surface area contributed by atoms with Gasteiger partial charge < -0.3 is 20.4 Å². The Hall–Kier alpha value is -2.12. The van der Waals surface area contributed by atoms with Gasteiger partial charge in [-0.3, -0.25) is 9.69 Å². The van der Waals surface area contributed by atoms with Gasteiger partial charge in [-0.2, -0.15) is 0 Å². The predicted octanol–water partition coefficient (Wildman–Crippen LogP) is -0.212. The van der Waals surface area contributed by atoms with Crippen molar-refractivity contribution in [1.29, 1.82) is 0 Å². The largest absolute Gasteiger partial charge is 0.394 e. The van der Waals surface area contributed by atoms with E-state index in [1.165, 1.54) is 11.8 Å². The number of benzene rings is 1. The van der Waals surface area contributed by atoms with E-state index < -0.39 is 11.4 Å². The lowest BCUT2D eigenvalue weighted by atomic mass is 10.1. The summed E-state index contributed by atoms with van der Waals surface area (Å²) in [5, 5.41) is 20.9. The Balaban J connectivity index is 1.95. The molecular weight excluding hydrogens is 286 g/mol. The SMILES string of the molecule is CC(CO)(CO)NC(=O)CN1CCN(c2ccccc2)C1=O. The van der Waals surface area contributed by atoms with Gasteiger partial charge in [0.05, 0.1) is 18.8 Å². The van der Waals surface area contributed by atoms with Crippen LogP contribution in [0.1, 0.15) is 6.92 Å². The van der Waals surface area contributed by atoms with Gasteiger partial charge in [-0.15, -0.1) is 0 Å². The van der Waals surface area contributed by atoms with Crippen LogP contribution in [0, 0.1) is 0 Å². The summed E-state index contributed by atoms with van der Waals surface area (Å²) in [5.41, 5.74) is -0.287. The summed E-state index contributed by atoms with van der Waals surface area (Å²) in [6, 6.07) is 9.04. The number of carbonyl (C=O) groups excluding carboxylic acids is 2. The van der Waals surface area contributed by atoms with E-state index in [4.69, 9.17) is 0 Å². The fourth-order valence-electron chi connectivity index (χ4n) is 2.26. The van der Waals surface area contributed by atoms with E-state index in [1.54, 1.807) is 4.90 Å². The van der Waals surface area contributed by atoms with Gasteiger partial charge in [-0.1, -0.05) is 18.2 Å². The molecule has 1 aliphatic rings. The van der Waals surface area contributed by atoms with Gasteiger partial charge in [0.2, 0.25) is 5.91 Å². The van der Waals surface area contributed by atoms with E-state index in [1.807, 2.05) is 30.3 Å². The Morgan fingerprint density at radius 3 is 2.45 bits per heavy atom. The predicted molar refractivity (Wildman–Crippen MR) is 81.5 cm³/mol. The molecule has 0 aromatic heterocycles. The second kappa shape index (κ2) is 6.76. The van der Waals surface area contributed by atoms with E-state index in [0.29, 0.717) is 13.1 Å². The standard InChI is InChI=1S/C15H21N3O4/c1-15(10-19,11-20)16-13(21)9-17-7-8-18(14(17)22)12-5-3-2-4-6-12/h2-6,19-20H,7-11H2,1H3,(H,16,21). The van der Waals surface area contributed by atoms with Crippen LogP contribution in [0.5, 0.6) is 0 Å². The summed E-state index contributed by atoms with van der Waals surface area (Å²) in [4.78, 5) is 27.4. The van der Waals surface area contributed by atoms with Crippen LogP contribution in [0.4, 0.5) is 10.5 Å². The molecule has 3 amide bonds. The molecule has 0 bridgehead atoms. The third-order valence-corrected chi connectivity index (χ3v) is 3.64. The number of nitrogens with one attached hydrogen (secondary N) is 1. The van der Waals surface area contributed by atoms with Crippen molar-refractivity contribution in [3.63, 3.8) is 0 Å². The first-order valence-corrected chi connectivity index (χ1v) is 7.13. The lowest BCUT2D eigenvalue weighted by molar-refractivity contribution is -0.124. The summed E-state index contributed by atoms with van der Waals surface area (Å²) in [5.74, 6) is -0.408. The minimum atomic E-state index is -1.08. The molecule has 120 valence electrons. The first-order valence-electron chi connectivity index (χ1n) is 7.13. The fraction of sp³-hybridized carbons (Fsp3) is 0.467. The quantitative estimate of drug-likeness (QED) is 0.678. The van der Waals surface area contributed by atoms with Crippen molar-refractivity contribution in [2.45, 2.75) is 12.5 Å². The van der Waals surface area contributed by atoms with Crippen LogP contribution in [0.15, 0.2) is 30.3 Å². The normalized spacial score (nSPS) is 15.3. The van der Waals surface area contributed by atoms with Crippen LogP contribution in [0.3, 0.4) is 0 Å². The lowest BCUT2D eigenvalue weighted by Gasteiger charge is -2.27. The van der Waals surface area contributed by atoms with Crippen molar-refractivity contribution < 1.29 is 19.8 Å². The van der Waals surface area contributed by atoms with Crippen LogP contribution in [-0.4, -0.2) is 65.4 Å². The summed E-state index contributed by atoms with van der Waals surface area (Å²) < 4.78 is 0. The fourth-order valence-corrected chi connectivity index (χ4v) is 2.26. The van der Waals surface area contributed by atoms with Crippen LogP contribution < -0.4 is 10.2 Å². The number of nitrogens with zero attached hydrogens (tertiary/aromatic N) is 2. The zero-order valence-corrected chi connectivity index (χ0v) is 12.5. The number of rotatable bonds is 6. The van der Waals surface area contributed by atoms with Gasteiger partial charge >= 0.3 is 6.03 Å². The maximum Gasteiger partial charge on any atom is 0.325 e. The number of amides is 3. The van der Waals surface area contributed by atoms with Crippen LogP contribution in [0.2, 0.25) is 0 Å². The Morgan fingerprint density at radius 1 is 1.23 bits per heavy atom. The summed E-state index contributed by atoms with van der Waals surface area (Å²) in [7, 11) is 0. The molecule has 0 saturated carbocycles. The molecule has 1 aromatic carbocycles. The highest BCUT2D eigenvalue weighted by atomic mass is 16.3. The number of para-hydroxylation sites is 1. The number of aliphatic hydroxyl groups excluding tert-OH is 2. The van der Waals surface area contributed by atoms with Gasteiger partial charge in [-0.25, -0.2) is 4.79 Å². The highest BCUT2D eigenvalue weighted by molar-refractivity contribution is 5.96. The molecule has 2 rings (SSSR count). The Labute approximate surface area is 129 Å². The average Bonchev–Trinajstić information content (AvgIpc) is 2.89. The zero-order chi connectivity index (χ0) is 16.2. The van der Waals surface area contributed by atoms with Gasteiger partial charge in [0.15, 0.2) is 0 Å². The van der Waals surface area contributed by atoms with E-state index in [-0.39, 0.29) is 25.8 Å². The molecule has 1 aliphatic heterocycles. The zero-order valence-electron chi connectivity index (χ0n) is 12.5. The molecule has 1 fully saturated rings. The third-order valence-electron chi connectivity index (χ3n) is 3.64. The molecule has 0 aliphatic carbocycles. The number of carbonyl (C=O) groups is 2. The molecule has 0 unspecified atom stereocenters. The van der Waals surface area contributed by atoms with E-state index in [2.05, 4.69) is 5.32 Å². The van der Waals surface area contributed by atoms with Gasteiger partial charge in [-0.05, 0) is 19.1 Å². The van der Waals surface area contributed by atoms with E-state index >= 15 is 0 Å². The Morgan fingerprint density at radius 2 is 1.86 bits per heavy atom. The van der Waals surface area contributed by atoms with Crippen molar-refractivity contribution >= 4 is 17.6 Å². The molecule has 0 radical (unpaired) electrons. The second-order valence-corrected chi connectivity index (χ2v) is 5.62. The third kappa shape index (κ3) is 3.55. The maximum absolute atomic E-state index is 12.3. The molecule has 7 nitrogen and oxygen atoms in total. The molecule has 7 heteroatoms. The first kappa shape index (κ1) is 16.3.